The Balaban J connectivity index is 1.35. The van der Waals surface area contributed by atoms with Crippen LogP contribution in [0.5, 0.6) is 0 Å². The van der Waals surface area contributed by atoms with E-state index in [-0.39, 0.29) is 5.91 Å². The van der Waals surface area contributed by atoms with E-state index >= 15 is 0 Å². The summed E-state index contributed by atoms with van der Waals surface area (Å²) in [6, 6.07) is 12.6. The lowest BCUT2D eigenvalue weighted by Crippen LogP contribution is -2.46. The zero-order valence-corrected chi connectivity index (χ0v) is 14.3. The van der Waals surface area contributed by atoms with Gasteiger partial charge in [-0.3, -0.25) is 9.69 Å². The predicted octanol–water partition coefficient (Wildman–Crippen LogP) is 1.69. The van der Waals surface area contributed by atoms with Crippen molar-refractivity contribution in [3.8, 4) is 0 Å². The number of carbonyl (C=O) groups excluding carboxylic acids is 1. The Morgan fingerprint density at radius 3 is 2.56 bits per heavy atom. The SMILES string of the molecule is O=C(NC1CC1)c1ccnc(N2CCN(Cc3ccccc3)CC2)n1. The Bertz CT molecular complexity index is 724. The van der Waals surface area contributed by atoms with E-state index < -0.39 is 0 Å². The molecule has 6 nitrogen and oxygen atoms in total. The number of amides is 1. The van der Waals surface area contributed by atoms with E-state index in [0.29, 0.717) is 17.7 Å². The van der Waals surface area contributed by atoms with Crippen LogP contribution in [0.25, 0.3) is 0 Å². The maximum Gasteiger partial charge on any atom is 0.270 e. The molecule has 1 saturated heterocycles. The van der Waals surface area contributed by atoms with Crippen LogP contribution in [0, 0.1) is 0 Å². The van der Waals surface area contributed by atoms with Crippen LogP contribution in [0.3, 0.4) is 0 Å². The molecule has 0 unspecified atom stereocenters. The Morgan fingerprint density at radius 2 is 1.84 bits per heavy atom. The number of aromatic nitrogens is 2. The molecular formula is C19H23N5O. The van der Waals surface area contributed by atoms with E-state index in [9.17, 15) is 4.79 Å². The summed E-state index contributed by atoms with van der Waals surface area (Å²) in [5, 5.41) is 2.98. The molecule has 1 saturated carbocycles. The number of nitrogens with one attached hydrogen (secondary N) is 1. The number of nitrogens with zero attached hydrogens (tertiary/aromatic N) is 4. The number of rotatable bonds is 5. The number of hydrogen-bond acceptors (Lipinski definition) is 5. The van der Waals surface area contributed by atoms with Crippen LogP contribution >= 0.6 is 0 Å². The Kier molecular flexibility index (Phi) is 4.61. The molecular weight excluding hydrogens is 314 g/mol. The summed E-state index contributed by atoms with van der Waals surface area (Å²) in [4.78, 5) is 25.6. The fourth-order valence-electron chi connectivity index (χ4n) is 3.06. The summed E-state index contributed by atoms with van der Waals surface area (Å²) in [6.45, 7) is 4.66. The molecule has 2 fully saturated rings. The van der Waals surface area contributed by atoms with Crippen LogP contribution in [0.2, 0.25) is 0 Å². The van der Waals surface area contributed by atoms with Gasteiger partial charge < -0.3 is 10.2 Å². The van der Waals surface area contributed by atoms with Gasteiger partial charge in [-0.15, -0.1) is 0 Å². The van der Waals surface area contributed by atoms with Gasteiger partial charge in [0.25, 0.3) is 5.91 Å². The van der Waals surface area contributed by atoms with Crippen LogP contribution in [0.15, 0.2) is 42.6 Å². The molecule has 1 aliphatic heterocycles. The van der Waals surface area contributed by atoms with Crippen molar-refractivity contribution in [2.75, 3.05) is 31.1 Å². The second kappa shape index (κ2) is 7.19. The van der Waals surface area contributed by atoms with Gasteiger partial charge >= 0.3 is 0 Å². The van der Waals surface area contributed by atoms with Crippen molar-refractivity contribution in [2.45, 2.75) is 25.4 Å². The number of benzene rings is 1. The van der Waals surface area contributed by atoms with E-state index in [2.05, 4.69) is 49.4 Å². The lowest BCUT2D eigenvalue weighted by atomic mass is 10.2. The van der Waals surface area contributed by atoms with E-state index in [1.54, 1.807) is 12.3 Å². The average molecular weight is 337 g/mol. The molecule has 0 radical (unpaired) electrons. The monoisotopic (exact) mass is 337 g/mol. The lowest BCUT2D eigenvalue weighted by Gasteiger charge is -2.34. The molecule has 0 spiro atoms. The predicted molar refractivity (Wildman–Crippen MR) is 96.5 cm³/mol. The molecule has 1 aromatic carbocycles. The van der Waals surface area contributed by atoms with E-state index in [1.807, 2.05) is 6.07 Å². The minimum absolute atomic E-state index is 0.0890. The van der Waals surface area contributed by atoms with Gasteiger partial charge in [-0.2, -0.15) is 0 Å². The van der Waals surface area contributed by atoms with Crippen molar-refractivity contribution in [3.63, 3.8) is 0 Å². The maximum atomic E-state index is 12.2. The van der Waals surface area contributed by atoms with Crippen molar-refractivity contribution in [1.29, 1.82) is 0 Å². The molecule has 1 aromatic heterocycles. The minimum Gasteiger partial charge on any atom is -0.348 e. The molecule has 2 aromatic rings. The molecule has 1 N–H and O–H groups in total. The highest BCUT2D eigenvalue weighted by Crippen LogP contribution is 2.19. The average Bonchev–Trinajstić information content (AvgIpc) is 3.47. The van der Waals surface area contributed by atoms with Crippen molar-refractivity contribution < 1.29 is 4.79 Å². The van der Waals surface area contributed by atoms with Gasteiger partial charge in [-0.05, 0) is 24.5 Å². The quantitative estimate of drug-likeness (QED) is 0.900. The molecule has 25 heavy (non-hydrogen) atoms. The first-order chi connectivity index (χ1) is 12.3. The Hall–Kier alpha value is -2.47. The molecule has 6 heteroatoms. The third-order valence-electron chi connectivity index (χ3n) is 4.69. The first-order valence-electron chi connectivity index (χ1n) is 8.93. The largest absolute Gasteiger partial charge is 0.348 e. The molecule has 0 bridgehead atoms. The number of piperazine rings is 1. The highest BCUT2D eigenvalue weighted by atomic mass is 16.2. The summed E-state index contributed by atoms with van der Waals surface area (Å²) >= 11 is 0. The maximum absolute atomic E-state index is 12.2. The van der Waals surface area contributed by atoms with Gasteiger partial charge in [0, 0.05) is 45.0 Å². The molecule has 2 aliphatic rings. The summed E-state index contributed by atoms with van der Waals surface area (Å²) in [6.07, 6.45) is 3.83. The molecule has 2 heterocycles. The zero-order chi connectivity index (χ0) is 17.1. The van der Waals surface area contributed by atoms with Crippen LogP contribution in [-0.4, -0.2) is 53.0 Å². The first kappa shape index (κ1) is 16.0. The van der Waals surface area contributed by atoms with Gasteiger partial charge in [0.05, 0.1) is 0 Å². The van der Waals surface area contributed by atoms with Gasteiger partial charge in [-0.25, -0.2) is 9.97 Å². The summed E-state index contributed by atoms with van der Waals surface area (Å²) in [5.41, 5.74) is 1.80. The van der Waals surface area contributed by atoms with Crippen LogP contribution in [0.1, 0.15) is 28.9 Å². The van der Waals surface area contributed by atoms with Gasteiger partial charge in [0.15, 0.2) is 0 Å². The molecule has 4 rings (SSSR count). The van der Waals surface area contributed by atoms with Crippen molar-refractivity contribution >= 4 is 11.9 Å². The summed E-state index contributed by atoms with van der Waals surface area (Å²) < 4.78 is 0. The first-order valence-corrected chi connectivity index (χ1v) is 8.93. The molecule has 1 aliphatic carbocycles. The number of carbonyl (C=O) groups is 1. The van der Waals surface area contributed by atoms with E-state index in [0.717, 1.165) is 45.6 Å². The zero-order valence-electron chi connectivity index (χ0n) is 14.3. The van der Waals surface area contributed by atoms with Gasteiger partial charge in [-0.1, -0.05) is 30.3 Å². The fourth-order valence-corrected chi connectivity index (χ4v) is 3.06. The van der Waals surface area contributed by atoms with Crippen LogP contribution in [-0.2, 0) is 6.54 Å². The Labute approximate surface area is 147 Å². The third-order valence-corrected chi connectivity index (χ3v) is 4.69. The molecule has 1 amide bonds. The standard InChI is InChI=1S/C19H23N5O/c25-18(21-16-6-7-16)17-8-9-20-19(22-17)24-12-10-23(11-13-24)14-15-4-2-1-3-5-15/h1-5,8-9,16H,6-7,10-14H2,(H,21,25). The van der Waals surface area contributed by atoms with Crippen LogP contribution in [0.4, 0.5) is 5.95 Å². The minimum atomic E-state index is -0.0890. The van der Waals surface area contributed by atoms with Crippen LogP contribution < -0.4 is 10.2 Å². The topological polar surface area (TPSA) is 61.4 Å². The third kappa shape index (κ3) is 4.14. The second-order valence-corrected chi connectivity index (χ2v) is 6.74. The van der Waals surface area contributed by atoms with E-state index in [4.69, 9.17) is 0 Å². The molecule has 130 valence electrons. The van der Waals surface area contributed by atoms with E-state index in [1.165, 1.54) is 5.56 Å². The summed E-state index contributed by atoms with van der Waals surface area (Å²) in [5.74, 6) is 0.566. The Morgan fingerprint density at radius 1 is 1.08 bits per heavy atom. The number of hydrogen-bond donors (Lipinski definition) is 1. The van der Waals surface area contributed by atoms with Crippen molar-refractivity contribution in [3.05, 3.63) is 53.9 Å². The molecule has 0 atom stereocenters. The second-order valence-electron chi connectivity index (χ2n) is 6.74. The lowest BCUT2D eigenvalue weighted by molar-refractivity contribution is 0.0946. The summed E-state index contributed by atoms with van der Waals surface area (Å²) in [7, 11) is 0. The smallest absolute Gasteiger partial charge is 0.270 e. The fraction of sp³-hybridized carbons (Fsp3) is 0.421. The highest BCUT2D eigenvalue weighted by molar-refractivity contribution is 5.92. The highest BCUT2D eigenvalue weighted by Gasteiger charge is 2.25. The van der Waals surface area contributed by atoms with Gasteiger partial charge in [0.2, 0.25) is 5.95 Å². The number of anilines is 1. The van der Waals surface area contributed by atoms with Crippen molar-refractivity contribution in [1.82, 2.24) is 20.2 Å². The normalized spacial score (nSPS) is 18.2. The van der Waals surface area contributed by atoms with Gasteiger partial charge in [0.1, 0.15) is 5.69 Å². The van der Waals surface area contributed by atoms with Crippen molar-refractivity contribution in [2.24, 2.45) is 0 Å².